The second-order valence-corrected chi connectivity index (χ2v) is 3.49. The first-order valence-corrected chi connectivity index (χ1v) is 4.44. The maximum absolute atomic E-state index is 5.98. The molecule has 0 fully saturated rings. The maximum atomic E-state index is 5.98. The highest BCUT2D eigenvalue weighted by atomic mass is 35.5. The molecule has 13 heavy (non-hydrogen) atoms. The van der Waals surface area contributed by atoms with Crippen molar-refractivity contribution in [3.8, 4) is 5.75 Å². The summed E-state index contributed by atoms with van der Waals surface area (Å²) < 4.78 is 5.10. The van der Waals surface area contributed by atoms with Crippen molar-refractivity contribution in [1.82, 2.24) is 0 Å². The van der Waals surface area contributed by atoms with Crippen LogP contribution >= 0.6 is 11.6 Å². The van der Waals surface area contributed by atoms with Crippen molar-refractivity contribution >= 4 is 17.2 Å². The highest BCUT2D eigenvalue weighted by Gasteiger charge is 2.05. The van der Waals surface area contributed by atoms with E-state index in [0.29, 0.717) is 10.8 Å². The highest BCUT2D eigenvalue weighted by Crippen LogP contribution is 2.30. The van der Waals surface area contributed by atoms with Crippen LogP contribution in [0.15, 0.2) is 18.7 Å². The van der Waals surface area contributed by atoms with Crippen LogP contribution in [0.25, 0.3) is 5.57 Å². The summed E-state index contributed by atoms with van der Waals surface area (Å²) in [5.74, 6) is 0.712. The Morgan fingerprint density at radius 3 is 2.54 bits per heavy atom. The molecule has 1 aromatic carbocycles. The average molecular weight is 197 g/mol. The molecule has 1 nitrogen and oxygen atoms in total. The minimum Gasteiger partial charge on any atom is -0.495 e. The average Bonchev–Trinajstić information content (AvgIpc) is 2.07. The van der Waals surface area contributed by atoms with Crippen LogP contribution in [-0.4, -0.2) is 7.11 Å². The van der Waals surface area contributed by atoms with Crippen LogP contribution in [0.3, 0.4) is 0 Å². The van der Waals surface area contributed by atoms with Gasteiger partial charge in [-0.15, -0.1) is 0 Å². The van der Waals surface area contributed by atoms with E-state index in [1.54, 1.807) is 7.11 Å². The van der Waals surface area contributed by atoms with Crippen LogP contribution in [-0.2, 0) is 0 Å². The summed E-state index contributed by atoms with van der Waals surface area (Å²) in [5, 5.41) is 0.631. The summed E-state index contributed by atoms with van der Waals surface area (Å²) in [6.07, 6.45) is 0. The summed E-state index contributed by atoms with van der Waals surface area (Å²) >= 11 is 5.98. The van der Waals surface area contributed by atoms with Gasteiger partial charge in [0.1, 0.15) is 5.75 Å². The fourth-order valence-electron chi connectivity index (χ4n) is 1.27. The molecule has 0 radical (unpaired) electrons. The molecule has 1 rings (SSSR count). The van der Waals surface area contributed by atoms with Gasteiger partial charge in [0.05, 0.1) is 12.1 Å². The lowest BCUT2D eigenvalue weighted by molar-refractivity contribution is 0.414. The smallest absolute Gasteiger partial charge is 0.137 e. The van der Waals surface area contributed by atoms with Gasteiger partial charge in [0.15, 0.2) is 0 Å². The first-order valence-electron chi connectivity index (χ1n) is 4.06. The molecule has 0 aliphatic heterocycles. The second-order valence-electron chi connectivity index (χ2n) is 3.08. The van der Waals surface area contributed by atoms with Crippen molar-refractivity contribution in [2.75, 3.05) is 7.11 Å². The molecule has 0 heterocycles. The van der Waals surface area contributed by atoms with Gasteiger partial charge in [-0.05, 0) is 37.1 Å². The first kappa shape index (κ1) is 10.1. The third-order valence-electron chi connectivity index (χ3n) is 1.96. The number of halogens is 1. The van der Waals surface area contributed by atoms with Gasteiger partial charge in [0.25, 0.3) is 0 Å². The monoisotopic (exact) mass is 196 g/mol. The van der Waals surface area contributed by atoms with Crippen molar-refractivity contribution in [3.05, 3.63) is 34.9 Å². The second kappa shape index (κ2) is 3.84. The summed E-state index contributed by atoms with van der Waals surface area (Å²) in [4.78, 5) is 0. The van der Waals surface area contributed by atoms with Crippen molar-refractivity contribution in [3.63, 3.8) is 0 Å². The summed E-state index contributed by atoms with van der Waals surface area (Å²) in [6.45, 7) is 7.86. The van der Waals surface area contributed by atoms with Gasteiger partial charge in [-0.2, -0.15) is 0 Å². The number of hydrogen-bond donors (Lipinski definition) is 0. The van der Waals surface area contributed by atoms with Crippen LogP contribution < -0.4 is 4.74 Å². The molecular formula is C11H13ClO. The fraction of sp³-hybridized carbons (Fsp3) is 0.273. The van der Waals surface area contributed by atoms with E-state index in [9.17, 15) is 0 Å². The van der Waals surface area contributed by atoms with E-state index >= 15 is 0 Å². The molecular weight excluding hydrogens is 184 g/mol. The zero-order valence-electron chi connectivity index (χ0n) is 8.15. The molecule has 0 aromatic heterocycles. The predicted octanol–water partition coefficient (Wildman–Crippen LogP) is 3.69. The van der Waals surface area contributed by atoms with E-state index < -0.39 is 0 Å². The van der Waals surface area contributed by atoms with Crippen LogP contribution in [0.2, 0.25) is 5.02 Å². The van der Waals surface area contributed by atoms with Gasteiger partial charge in [-0.3, -0.25) is 0 Å². The van der Waals surface area contributed by atoms with E-state index in [4.69, 9.17) is 16.3 Å². The van der Waals surface area contributed by atoms with Gasteiger partial charge in [0.2, 0.25) is 0 Å². The fourth-order valence-corrected chi connectivity index (χ4v) is 1.51. The lowest BCUT2D eigenvalue weighted by Gasteiger charge is -2.09. The Morgan fingerprint density at radius 2 is 2.08 bits per heavy atom. The summed E-state index contributed by atoms with van der Waals surface area (Å²) in [6, 6.07) is 3.81. The van der Waals surface area contributed by atoms with E-state index in [-0.39, 0.29) is 0 Å². The standard InChI is InChI=1S/C11H13ClO/c1-7(2)9-6-10(12)11(13-4)5-8(9)3/h5-6H,1H2,2-4H3. The molecule has 0 atom stereocenters. The molecule has 0 amide bonds. The lowest BCUT2D eigenvalue weighted by Crippen LogP contribution is -1.90. The lowest BCUT2D eigenvalue weighted by atomic mass is 10.0. The van der Waals surface area contributed by atoms with Crippen molar-refractivity contribution < 1.29 is 4.74 Å². The Balaban J connectivity index is 3.28. The zero-order valence-corrected chi connectivity index (χ0v) is 8.90. The molecule has 0 aliphatic carbocycles. The van der Waals surface area contributed by atoms with Crippen molar-refractivity contribution in [2.45, 2.75) is 13.8 Å². The van der Waals surface area contributed by atoms with Gasteiger partial charge in [-0.25, -0.2) is 0 Å². The molecule has 0 bridgehead atoms. The number of allylic oxidation sites excluding steroid dienone is 1. The number of rotatable bonds is 2. The van der Waals surface area contributed by atoms with E-state index in [2.05, 4.69) is 6.58 Å². The number of methoxy groups -OCH3 is 1. The molecule has 0 unspecified atom stereocenters. The summed E-state index contributed by atoms with van der Waals surface area (Å²) in [5.41, 5.74) is 3.24. The first-order chi connectivity index (χ1) is 6.06. The number of ether oxygens (including phenoxy) is 1. The normalized spacial score (nSPS) is 9.85. The number of aryl methyl sites for hydroxylation is 1. The van der Waals surface area contributed by atoms with Crippen LogP contribution in [0.4, 0.5) is 0 Å². The number of hydrogen-bond acceptors (Lipinski definition) is 1. The molecule has 1 aromatic rings. The Hall–Kier alpha value is -0.950. The zero-order chi connectivity index (χ0) is 10.0. The molecule has 0 N–H and O–H groups in total. The SMILES string of the molecule is C=C(C)c1cc(Cl)c(OC)cc1C. The molecule has 0 saturated heterocycles. The van der Waals surface area contributed by atoms with Crippen LogP contribution in [0.1, 0.15) is 18.1 Å². The molecule has 0 aliphatic rings. The van der Waals surface area contributed by atoms with E-state index in [1.165, 1.54) is 0 Å². The minimum atomic E-state index is 0.631. The van der Waals surface area contributed by atoms with E-state index in [0.717, 1.165) is 16.7 Å². The molecule has 2 heteroatoms. The van der Waals surface area contributed by atoms with Crippen LogP contribution in [0, 0.1) is 6.92 Å². The van der Waals surface area contributed by atoms with Gasteiger partial charge in [-0.1, -0.05) is 23.8 Å². The van der Waals surface area contributed by atoms with Crippen molar-refractivity contribution in [1.29, 1.82) is 0 Å². The topological polar surface area (TPSA) is 9.23 Å². The predicted molar refractivity (Wildman–Crippen MR) is 57.4 cm³/mol. The van der Waals surface area contributed by atoms with Gasteiger partial charge < -0.3 is 4.74 Å². The largest absolute Gasteiger partial charge is 0.495 e. The van der Waals surface area contributed by atoms with E-state index in [1.807, 2.05) is 26.0 Å². The van der Waals surface area contributed by atoms with Gasteiger partial charge in [0, 0.05) is 0 Å². The molecule has 0 spiro atoms. The Labute approximate surface area is 84.0 Å². The Kier molecular flexibility index (Phi) is 2.99. The van der Waals surface area contributed by atoms with Crippen molar-refractivity contribution in [2.24, 2.45) is 0 Å². The maximum Gasteiger partial charge on any atom is 0.137 e. The minimum absolute atomic E-state index is 0.631. The number of benzene rings is 1. The Morgan fingerprint density at radius 1 is 1.46 bits per heavy atom. The van der Waals surface area contributed by atoms with Gasteiger partial charge >= 0.3 is 0 Å². The third kappa shape index (κ3) is 2.04. The Bertz CT molecular complexity index is 342. The summed E-state index contributed by atoms with van der Waals surface area (Å²) in [7, 11) is 1.61. The molecule has 70 valence electrons. The molecule has 0 saturated carbocycles. The third-order valence-corrected chi connectivity index (χ3v) is 2.25. The highest BCUT2D eigenvalue weighted by molar-refractivity contribution is 6.32. The quantitative estimate of drug-likeness (QED) is 0.701. The van der Waals surface area contributed by atoms with Crippen LogP contribution in [0.5, 0.6) is 5.75 Å².